The second kappa shape index (κ2) is 6.84. The van der Waals surface area contributed by atoms with Gasteiger partial charge in [0.05, 0.1) is 10.5 Å². The Morgan fingerprint density at radius 3 is 2.62 bits per heavy atom. The second-order valence-corrected chi connectivity index (χ2v) is 10.0. The minimum Gasteiger partial charge on any atom is -0.384 e. The lowest BCUT2D eigenvalue weighted by molar-refractivity contribution is 0.598. The summed E-state index contributed by atoms with van der Waals surface area (Å²) >= 11 is 0. The maximum Gasteiger partial charge on any atom is 0.293 e. The van der Waals surface area contributed by atoms with Crippen molar-refractivity contribution in [3.05, 3.63) is 30.5 Å². The van der Waals surface area contributed by atoms with Crippen molar-refractivity contribution in [3.8, 4) is 22.5 Å². The van der Waals surface area contributed by atoms with Gasteiger partial charge in [-0.15, -0.1) is 10.2 Å². The van der Waals surface area contributed by atoms with Crippen LogP contribution >= 0.6 is 0 Å². The number of nitrogens with two attached hydrogens (primary N) is 2. The molecular formula is C15H17N9O3S2. The molecule has 0 fully saturated rings. The average molecular weight is 435 g/mol. The van der Waals surface area contributed by atoms with Gasteiger partial charge in [-0.2, -0.15) is 13.6 Å². The van der Waals surface area contributed by atoms with E-state index >= 15 is 0 Å². The first-order chi connectivity index (χ1) is 13.7. The first-order valence-electron chi connectivity index (χ1n) is 8.38. The van der Waals surface area contributed by atoms with Crippen molar-refractivity contribution in [2.45, 2.75) is 22.8 Å². The molecule has 2 aromatic heterocycles. The second-order valence-electron chi connectivity index (χ2n) is 6.35. The Morgan fingerprint density at radius 2 is 2.00 bits per heavy atom. The summed E-state index contributed by atoms with van der Waals surface area (Å²) in [4.78, 5) is 3.82. The number of benzene rings is 1. The molecule has 1 aliphatic heterocycles. The molecular weight excluding hydrogens is 418 g/mol. The summed E-state index contributed by atoms with van der Waals surface area (Å²) in [6.07, 6.45) is 1.49. The number of anilines is 1. The normalized spacial score (nSPS) is 20.8. The number of H-pyrrole nitrogens is 1. The third-order valence-electron chi connectivity index (χ3n) is 4.26. The number of rotatable bonds is 5. The van der Waals surface area contributed by atoms with Crippen LogP contribution < -0.4 is 16.2 Å². The summed E-state index contributed by atoms with van der Waals surface area (Å²) in [6, 6.07) is 5.90. The molecule has 0 amide bonds. The van der Waals surface area contributed by atoms with Crippen LogP contribution in [0.25, 0.3) is 22.5 Å². The van der Waals surface area contributed by atoms with Crippen LogP contribution in [0.4, 0.5) is 5.82 Å². The number of hydrogen-bond donors (Lipinski definition) is 4. The molecule has 0 aliphatic carbocycles. The Hall–Kier alpha value is -2.94. The number of aromatic nitrogens is 5. The Labute approximate surface area is 166 Å². The van der Waals surface area contributed by atoms with E-state index in [0.717, 1.165) is 0 Å². The molecule has 1 aliphatic rings. The highest BCUT2D eigenvalue weighted by molar-refractivity contribution is 8.05. The molecule has 1 unspecified atom stereocenters. The lowest BCUT2D eigenvalue weighted by Gasteiger charge is -2.15. The number of nitrogens with zero attached hydrogens (tertiary/aromatic N) is 5. The summed E-state index contributed by atoms with van der Waals surface area (Å²) in [5.74, 6) is 0.324. The first kappa shape index (κ1) is 19.4. The fourth-order valence-electron chi connectivity index (χ4n) is 2.95. The van der Waals surface area contributed by atoms with Gasteiger partial charge in [0.15, 0.2) is 9.92 Å². The van der Waals surface area contributed by atoms with Crippen molar-refractivity contribution in [2.75, 3.05) is 12.3 Å². The van der Waals surface area contributed by atoms with Crippen molar-refractivity contribution in [1.29, 1.82) is 0 Å². The van der Waals surface area contributed by atoms with Gasteiger partial charge in [0, 0.05) is 24.3 Å². The lowest BCUT2D eigenvalue weighted by atomic mass is 10.0. The molecule has 0 radical (unpaired) electrons. The van der Waals surface area contributed by atoms with E-state index in [1.165, 1.54) is 12.3 Å². The monoisotopic (exact) mass is 435 g/mol. The van der Waals surface area contributed by atoms with Crippen molar-refractivity contribution < 1.29 is 12.6 Å². The molecule has 6 N–H and O–H groups in total. The van der Waals surface area contributed by atoms with E-state index in [1.807, 2.05) is 0 Å². The molecule has 12 nitrogen and oxygen atoms in total. The van der Waals surface area contributed by atoms with Crippen LogP contribution in [0.5, 0.6) is 0 Å². The van der Waals surface area contributed by atoms with E-state index in [4.69, 9.17) is 11.5 Å². The molecule has 0 saturated heterocycles. The maximum atomic E-state index is 13.4. The third-order valence-corrected chi connectivity index (χ3v) is 8.61. The summed E-state index contributed by atoms with van der Waals surface area (Å²) < 4.78 is 45.7. The molecule has 0 spiro atoms. The number of aromatic amines is 1. The fraction of sp³-hybridized carbons (Fsp3) is 0.200. The van der Waals surface area contributed by atoms with Crippen LogP contribution in [0.1, 0.15) is 6.92 Å². The van der Waals surface area contributed by atoms with Crippen molar-refractivity contribution in [3.63, 3.8) is 0 Å². The fourth-order valence-corrected chi connectivity index (χ4v) is 7.66. The Balaban J connectivity index is 2.04. The van der Waals surface area contributed by atoms with Gasteiger partial charge in [-0.3, -0.25) is 0 Å². The number of sulfonamides is 1. The molecule has 4 rings (SSSR count). The van der Waals surface area contributed by atoms with Gasteiger partial charge < -0.3 is 11.5 Å². The molecule has 2 atom stereocenters. The molecule has 0 bridgehead atoms. The van der Waals surface area contributed by atoms with Crippen molar-refractivity contribution in [2.24, 2.45) is 9.50 Å². The molecule has 0 saturated carbocycles. The van der Waals surface area contributed by atoms with Gasteiger partial charge in [-0.1, -0.05) is 9.83 Å². The molecule has 152 valence electrons. The quantitative estimate of drug-likeness (QED) is 0.423. The predicted molar refractivity (Wildman–Crippen MR) is 105 cm³/mol. The van der Waals surface area contributed by atoms with Gasteiger partial charge in [0.1, 0.15) is 10.7 Å². The molecule has 3 aromatic rings. The van der Waals surface area contributed by atoms with Crippen LogP contribution in [-0.4, -0.2) is 50.8 Å². The Kier molecular flexibility index (Phi) is 4.57. The van der Waals surface area contributed by atoms with Gasteiger partial charge in [-0.25, -0.2) is 13.9 Å². The zero-order valence-electron chi connectivity index (χ0n) is 15.1. The van der Waals surface area contributed by atoms with Crippen LogP contribution in [0.3, 0.4) is 0 Å². The third kappa shape index (κ3) is 3.25. The molecule has 29 heavy (non-hydrogen) atoms. The largest absolute Gasteiger partial charge is 0.384 e. The first-order valence-corrected chi connectivity index (χ1v) is 11.3. The predicted octanol–water partition coefficient (Wildman–Crippen LogP) is -0.108. The zero-order chi connectivity index (χ0) is 20.8. The van der Waals surface area contributed by atoms with Crippen LogP contribution in [0, 0.1) is 0 Å². The standard InChI is InChI=1S/C15H17N9O3S2/c1-8(6-16)21-28(25)11-4-3-10(9-2-5-12(17)18-7-9)13(15-19-22-23-20-15)14(11)29(26,27)24-28/h2-5,7-8H,6,16H2,1H3,(H2,17,18)(H,21,24,25)(H,19,20,22,23)/t8-,28?/m0/s1. The van der Waals surface area contributed by atoms with E-state index in [0.29, 0.717) is 16.9 Å². The molecule has 14 heteroatoms. The van der Waals surface area contributed by atoms with Crippen molar-refractivity contribution >= 4 is 25.8 Å². The smallest absolute Gasteiger partial charge is 0.293 e. The minimum atomic E-state index is -4.28. The molecule has 3 heterocycles. The summed E-state index contributed by atoms with van der Waals surface area (Å²) in [5.41, 5.74) is 12.4. The lowest BCUT2D eigenvalue weighted by Crippen LogP contribution is -2.37. The topological polar surface area (TPSA) is 195 Å². The number of nitrogens with one attached hydrogen (secondary N) is 2. The van der Waals surface area contributed by atoms with E-state index in [-0.39, 0.29) is 27.7 Å². The van der Waals surface area contributed by atoms with Gasteiger partial charge >= 0.3 is 0 Å². The number of tetrazole rings is 1. The van der Waals surface area contributed by atoms with Gasteiger partial charge in [0.25, 0.3) is 10.0 Å². The average Bonchev–Trinajstić information content (AvgIpc) is 3.27. The van der Waals surface area contributed by atoms with Crippen LogP contribution in [0.2, 0.25) is 0 Å². The zero-order valence-corrected chi connectivity index (χ0v) is 16.7. The summed E-state index contributed by atoms with van der Waals surface area (Å²) in [5, 5.41) is 13.7. The van der Waals surface area contributed by atoms with Gasteiger partial charge in [-0.05, 0) is 35.9 Å². The van der Waals surface area contributed by atoms with Crippen molar-refractivity contribution in [1.82, 2.24) is 30.3 Å². The SMILES string of the molecule is C[C@@H](CN)NS1(=O)=NS(=O)(=O)c2c1ccc(-c1ccc(N)nc1)c2-c1nn[nH]n1. The molecule has 1 aromatic carbocycles. The number of fused-ring (bicyclic) bond motifs is 1. The van der Waals surface area contributed by atoms with Crippen LogP contribution in [0.15, 0.2) is 44.0 Å². The van der Waals surface area contributed by atoms with E-state index in [9.17, 15) is 12.6 Å². The van der Waals surface area contributed by atoms with Crippen LogP contribution in [-0.2, 0) is 19.9 Å². The van der Waals surface area contributed by atoms with E-state index in [1.54, 1.807) is 25.1 Å². The highest BCUT2D eigenvalue weighted by Gasteiger charge is 2.39. The van der Waals surface area contributed by atoms with E-state index in [2.05, 4.69) is 34.1 Å². The minimum absolute atomic E-state index is 0.0166. The maximum absolute atomic E-state index is 13.4. The van der Waals surface area contributed by atoms with E-state index < -0.39 is 26.0 Å². The number of nitrogen functional groups attached to an aromatic ring is 1. The number of hydrogen-bond acceptors (Lipinski definition) is 9. The number of pyridine rings is 1. The van der Waals surface area contributed by atoms with Gasteiger partial charge in [0.2, 0.25) is 5.82 Å². The highest BCUT2D eigenvalue weighted by atomic mass is 32.3. The Morgan fingerprint density at radius 1 is 1.21 bits per heavy atom. The highest BCUT2D eigenvalue weighted by Crippen LogP contribution is 2.43. The summed E-state index contributed by atoms with van der Waals surface area (Å²) in [6.45, 7) is 1.83. The Bertz CT molecular complexity index is 1300. The summed E-state index contributed by atoms with van der Waals surface area (Å²) in [7, 11) is -7.75.